The lowest BCUT2D eigenvalue weighted by Gasteiger charge is -2.05. The highest BCUT2D eigenvalue weighted by Crippen LogP contribution is 2.04. The van der Waals surface area contributed by atoms with Crippen molar-refractivity contribution in [2.45, 2.75) is 39.5 Å². The zero-order valence-corrected chi connectivity index (χ0v) is 11.9. The third-order valence-corrected chi connectivity index (χ3v) is 2.27. The van der Waals surface area contributed by atoms with Gasteiger partial charge in [-0.3, -0.25) is 0 Å². The van der Waals surface area contributed by atoms with Crippen molar-refractivity contribution in [2.24, 2.45) is 0 Å². The normalized spacial score (nSPS) is 9.79. The minimum atomic E-state index is -0.341. The molecular weight excluding hydrogens is 244 g/mol. The second-order valence-corrected chi connectivity index (χ2v) is 4.41. The van der Waals surface area contributed by atoms with Gasteiger partial charge in [0.2, 0.25) is 0 Å². The van der Waals surface area contributed by atoms with Crippen LogP contribution in [-0.2, 0) is 19.1 Å². The van der Waals surface area contributed by atoms with E-state index in [1.165, 1.54) is 0 Å². The number of unbranched alkanes of at least 4 members (excludes halogenated alkanes) is 4. The molecule has 0 amide bonds. The van der Waals surface area contributed by atoms with Crippen LogP contribution in [-0.4, -0.2) is 25.2 Å². The molecule has 4 nitrogen and oxygen atoms in total. The van der Waals surface area contributed by atoms with Gasteiger partial charge in [0.25, 0.3) is 0 Å². The number of ether oxygens (including phenoxy) is 2. The second-order valence-electron chi connectivity index (χ2n) is 4.41. The van der Waals surface area contributed by atoms with Gasteiger partial charge in [0.1, 0.15) is 0 Å². The Morgan fingerprint density at radius 2 is 1.26 bits per heavy atom. The molecule has 0 aromatic heterocycles. The van der Waals surface area contributed by atoms with E-state index in [1.807, 2.05) is 0 Å². The predicted octanol–water partition coefficient (Wildman–Crippen LogP) is 2.99. The lowest BCUT2D eigenvalue weighted by molar-refractivity contribution is -0.139. The summed E-state index contributed by atoms with van der Waals surface area (Å²) in [5.41, 5.74) is 0.839. The first-order chi connectivity index (χ1) is 8.95. The van der Waals surface area contributed by atoms with E-state index in [0.29, 0.717) is 24.4 Å². The van der Waals surface area contributed by atoms with Gasteiger partial charge in [-0.1, -0.05) is 13.2 Å². The summed E-state index contributed by atoms with van der Waals surface area (Å²) in [6.07, 6.45) is 5.44. The molecule has 0 aliphatic heterocycles. The number of hydrogen-bond acceptors (Lipinski definition) is 4. The number of esters is 2. The van der Waals surface area contributed by atoms with Gasteiger partial charge in [-0.05, 0) is 46.0 Å². The molecule has 0 aliphatic rings. The zero-order valence-electron chi connectivity index (χ0n) is 11.9. The maximum atomic E-state index is 11.0. The van der Waals surface area contributed by atoms with E-state index in [2.05, 4.69) is 19.6 Å². The van der Waals surface area contributed by atoms with Gasteiger partial charge in [-0.15, -0.1) is 0 Å². The Bertz CT molecular complexity index is 299. The molecule has 0 saturated carbocycles. The van der Waals surface area contributed by atoms with Gasteiger partial charge >= 0.3 is 11.9 Å². The average molecular weight is 267 g/mol. The molecular formula is C15H23O4. The van der Waals surface area contributed by atoms with E-state index < -0.39 is 0 Å². The van der Waals surface area contributed by atoms with Crippen molar-refractivity contribution in [1.29, 1.82) is 0 Å². The summed E-state index contributed by atoms with van der Waals surface area (Å²) < 4.78 is 9.90. The monoisotopic (exact) mass is 267 g/mol. The van der Waals surface area contributed by atoms with Crippen LogP contribution >= 0.6 is 0 Å². The maximum Gasteiger partial charge on any atom is 0.333 e. The van der Waals surface area contributed by atoms with Crippen molar-refractivity contribution < 1.29 is 19.1 Å². The van der Waals surface area contributed by atoms with Gasteiger partial charge in [0, 0.05) is 11.1 Å². The quantitative estimate of drug-likeness (QED) is 0.347. The summed E-state index contributed by atoms with van der Waals surface area (Å²) in [6.45, 7) is 11.1. The van der Waals surface area contributed by atoms with Crippen LogP contribution in [0.3, 0.4) is 0 Å². The highest BCUT2D eigenvalue weighted by molar-refractivity contribution is 5.87. The zero-order chi connectivity index (χ0) is 14.7. The Kier molecular flexibility index (Phi) is 9.49. The van der Waals surface area contributed by atoms with E-state index in [9.17, 15) is 9.59 Å². The number of carbonyl (C=O) groups excluding carboxylic acids is 2. The highest BCUT2D eigenvalue weighted by atomic mass is 16.5. The molecule has 0 spiro atoms. The van der Waals surface area contributed by atoms with Crippen LogP contribution in [0.15, 0.2) is 24.3 Å². The van der Waals surface area contributed by atoms with Crippen LogP contribution in [0.25, 0.3) is 0 Å². The van der Waals surface area contributed by atoms with Gasteiger partial charge in [-0.25, -0.2) is 9.59 Å². The summed E-state index contributed by atoms with van der Waals surface area (Å²) in [7, 11) is 0. The van der Waals surface area contributed by atoms with Crippen molar-refractivity contribution in [3.63, 3.8) is 0 Å². The minimum Gasteiger partial charge on any atom is -0.462 e. The fourth-order valence-electron chi connectivity index (χ4n) is 1.18. The molecule has 0 fully saturated rings. The summed E-state index contributed by atoms with van der Waals surface area (Å²) in [4.78, 5) is 22.1. The molecule has 4 heteroatoms. The summed E-state index contributed by atoms with van der Waals surface area (Å²) >= 11 is 0. The van der Waals surface area contributed by atoms with Crippen LogP contribution in [0.2, 0.25) is 0 Å². The van der Waals surface area contributed by atoms with Crippen molar-refractivity contribution in [1.82, 2.24) is 0 Å². The van der Waals surface area contributed by atoms with Crippen LogP contribution < -0.4 is 0 Å². The van der Waals surface area contributed by atoms with Crippen LogP contribution in [0.4, 0.5) is 0 Å². The molecule has 1 radical (unpaired) electrons. The van der Waals surface area contributed by atoms with Crippen molar-refractivity contribution in [2.75, 3.05) is 13.2 Å². The SMILES string of the molecule is C=C(C)C(=O)OCCC[CH]CCCOC(=O)C(=C)C. The second kappa shape index (κ2) is 10.4. The molecule has 0 unspecified atom stereocenters. The topological polar surface area (TPSA) is 52.6 Å². The van der Waals surface area contributed by atoms with Crippen molar-refractivity contribution >= 4 is 11.9 Å². The molecule has 0 rings (SSSR count). The predicted molar refractivity (Wildman–Crippen MR) is 74.3 cm³/mol. The third-order valence-electron chi connectivity index (χ3n) is 2.27. The van der Waals surface area contributed by atoms with E-state index in [-0.39, 0.29) is 11.9 Å². The first-order valence-electron chi connectivity index (χ1n) is 6.42. The fourth-order valence-corrected chi connectivity index (χ4v) is 1.18. The lowest BCUT2D eigenvalue weighted by Crippen LogP contribution is -2.07. The van der Waals surface area contributed by atoms with E-state index in [4.69, 9.17) is 9.47 Å². The summed E-state index contributed by atoms with van der Waals surface area (Å²) in [5, 5.41) is 0. The lowest BCUT2D eigenvalue weighted by atomic mass is 10.1. The van der Waals surface area contributed by atoms with Crippen LogP contribution in [0, 0.1) is 6.42 Å². The molecule has 0 atom stereocenters. The first kappa shape index (κ1) is 17.4. The van der Waals surface area contributed by atoms with Gasteiger partial charge in [-0.2, -0.15) is 0 Å². The molecule has 0 N–H and O–H groups in total. The smallest absolute Gasteiger partial charge is 0.333 e. The number of rotatable bonds is 10. The molecule has 0 aromatic rings. The van der Waals surface area contributed by atoms with E-state index >= 15 is 0 Å². The fraction of sp³-hybridized carbons (Fsp3) is 0.533. The Morgan fingerprint density at radius 1 is 0.895 bits per heavy atom. The van der Waals surface area contributed by atoms with Crippen LogP contribution in [0.1, 0.15) is 39.5 Å². The van der Waals surface area contributed by atoms with Crippen molar-refractivity contribution in [3.05, 3.63) is 30.7 Å². The molecule has 0 aliphatic carbocycles. The Hall–Kier alpha value is -1.58. The summed E-state index contributed by atoms with van der Waals surface area (Å²) in [6, 6.07) is 0. The molecule has 107 valence electrons. The van der Waals surface area contributed by atoms with Gasteiger partial charge < -0.3 is 9.47 Å². The minimum absolute atomic E-state index is 0.341. The van der Waals surface area contributed by atoms with E-state index in [1.54, 1.807) is 13.8 Å². The first-order valence-corrected chi connectivity index (χ1v) is 6.42. The third kappa shape index (κ3) is 10.1. The standard InChI is InChI=1S/C15H23O4/c1-12(2)14(16)18-10-8-6-5-7-9-11-19-15(17)13(3)4/h5H,1,3,6-11H2,2,4H3. The average Bonchev–Trinajstić information content (AvgIpc) is 2.35. The molecule has 0 bridgehead atoms. The maximum absolute atomic E-state index is 11.0. The molecule has 0 saturated heterocycles. The van der Waals surface area contributed by atoms with Crippen molar-refractivity contribution in [3.8, 4) is 0 Å². The molecule has 0 aromatic carbocycles. The van der Waals surface area contributed by atoms with E-state index in [0.717, 1.165) is 25.7 Å². The Morgan fingerprint density at radius 3 is 1.58 bits per heavy atom. The molecule has 19 heavy (non-hydrogen) atoms. The Balaban J connectivity index is 3.28. The van der Waals surface area contributed by atoms with Crippen LogP contribution in [0.5, 0.6) is 0 Å². The number of carbonyl (C=O) groups is 2. The molecule has 0 heterocycles. The van der Waals surface area contributed by atoms with Gasteiger partial charge in [0.15, 0.2) is 0 Å². The Labute approximate surface area is 115 Å². The number of hydrogen-bond donors (Lipinski definition) is 0. The van der Waals surface area contributed by atoms with Gasteiger partial charge in [0.05, 0.1) is 13.2 Å². The highest BCUT2D eigenvalue weighted by Gasteiger charge is 2.03. The summed E-state index contributed by atoms with van der Waals surface area (Å²) in [5.74, 6) is -0.682. The largest absolute Gasteiger partial charge is 0.462 e.